The van der Waals surface area contributed by atoms with E-state index in [-0.39, 0.29) is 16.8 Å². The highest BCUT2D eigenvalue weighted by molar-refractivity contribution is 5.93. The maximum Gasteiger partial charge on any atom is 0.156 e. The number of rotatable bonds is 1. The quantitative estimate of drug-likeness (QED) is 0.571. The molecule has 1 aromatic rings. The van der Waals surface area contributed by atoms with Gasteiger partial charge in [-0.05, 0) is 97.3 Å². The molecule has 1 spiro atoms. The van der Waals surface area contributed by atoms with E-state index in [0.717, 1.165) is 45.1 Å². The maximum absolute atomic E-state index is 12.2. The minimum absolute atomic E-state index is 0.0730. The number of ether oxygens (including phenoxy) is 1. The number of carbonyl (C=O) groups is 1. The second-order valence-corrected chi connectivity index (χ2v) is 10.7. The molecule has 5 aliphatic rings. The molecule has 0 radical (unpaired) electrons. The number of fused-ring (bicyclic) bond motifs is 5. The van der Waals surface area contributed by atoms with Gasteiger partial charge in [0.25, 0.3) is 0 Å². The average Bonchev–Trinajstić information content (AvgIpc) is 3.28. The van der Waals surface area contributed by atoms with E-state index in [4.69, 9.17) is 4.74 Å². The molecule has 0 amide bonds. The van der Waals surface area contributed by atoms with Crippen LogP contribution in [0.5, 0.6) is 5.75 Å². The van der Waals surface area contributed by atoms with Crippen LogP contribution in [0.3, 0.4) is 0 Å². The summed E-state index contributed by atoms with van der Waals surface area (Å²) >= 11 is 0. The zero-order chi connectivity index (χ0) is 21.4. The summed E-state index contributed by atoms with van der Waals surface area (Å²) < 4.78 is 6.58. The van der Waals surface area contributed by atoms with Crippen molar-refractivity contribution in [3.05, 3.63) is 64.8 Å². The summed E-state index contributed by atoms with van der Waals surface area (Å²) in [6.07, 6.45) is 9.97. The van der Waals surface area contributed by atoms with Gasteiger partial charge < -0.3 is 9.84 Å². The van der Waals surface area contributed by atoms with Crippen LogP contribution in [0.25, 0.3) is 0 Å². The van der Waals surface area contributed by atoms with Crippen molar-refractivity contribution >= 4 is 5.78 Å². The SMILES string of the molecule is C=C1CCO[C@]12CC[C@H]1[C@@H]3CCC4=CC(=O)CCC4=C3[C@@H](c3ccc(O)cc3)C[C@@]12C. The number of phenols is 1. The molecular weight excluding hydrogens is 384 g/mol. The normalized spacial score (nSPS) is 39.4. The number of allylic oxidation sites excluding steroid dienone is 4. The highest BCUT2D eigenvalue weighted by Gasteiger charge is 2.65. The molecule has 1 aliphatic heterocycles. The monoisotopic (exact) mass is 416 g/mol. The lowest BCUT2D eigenvalue weighted by Gasteiger charge is -2.55. The summed E-state index contributed by atoms with van der Waals surface area (Å²) in [6, 6.07) is 7.85. The van der Waals surface area contributed by atoms with Crippen molar-refractivity contribution in [3.63, 3.8) is 0 Å². The molecule has 5 atom stereocenters. The summed E-state index contributed by atoms with van der Waals surface area (Å²) in [5.74, 6) is 2.07. The van der Waals surface area contributed by atoms with Crippen LogP contribution in [-0.4, -0.2) is 23.1 Å². The van der Waals surface area contributed by atoms with E-state index in [2.05, 4.69) is 25.6 Å². The first-order valence-corrected chi connectivity index (χ1v) is 12.0. The molecule has 1 heterocycles. The van der Waals surface area contributed by atoms with Gasteiger partial charge in [0.2, 0.25) is 0 Å². The van der Waals surface area contributed by atoms with Crippen LogP contribution >= 0.6 is 0 Å². The minimum atomic E-state index is -0.179. The van der Waals surface area contributed by atoms with Crippen LogP contribution in [-0.2, 0) is 9.53 Å². The number of hydrogen-bond donors (Lipinski definition) is 1. The van der Waals surface area contributed by atoms with Crippen molar-refractivity contribution in [3.8, 4) is 5.75 Å². The molecule has 4 aliphatic carbocycles. The summed E-state index contributed by atoms with van der Waals surface area (Å²) in [6.45, 7) is 7.78. The number of carbonyl (C=O) groups excluding carboxylic acids is 1. The number of hydrogen-bond acceptors (Lipinski definition) is 3. The summed E-state index contributed by atoms with van der Waals surface area (Å²) in [4.78, 5) is 12.2. The second kappa shape index (κ2) is 6.68. The van der Waals surface area contributed by atoms with E-state index in [9.17, 15) is 9.90 Å². The smallest absolute Gasteiger partial charge is 0.156 e. The predicted octanol–water partition coefficient (Wildman–Crippen LogP) is 6.01. The van der Waals surface area contributed by atoms with Crippen molar-refractivity contribution in [1.29, 1.82) is 0 Å². The molecule has 162 valence electrons. The minimum Gasteiger partial charge on any atom is -0.508 e. The number of benzene rings is 1. The highest BCUT2D eigenvalue weighted by atomic mass is 16.5. The summed E-state index contributed by atoms with van der Waals surface area (Å²) in [5, 5.41) is 9.92. The first-order valence-electron chi connectivity index (χ1n) is 12.0. The van der Waals surface area contributed by atoms with Gasteiger partial charge in [0, 0.05) is 17.8 Å². The molecule has 6 rings (SSSR count). The summed E-state index contributed by atoms with van der Waals surface area (Å²) in [7, 11) is 0. The third-order valence-electron chi connectivity index (χ3n) is 9.47. The van der Waals surface area contributed by atoms with Crippen molar-refractivity contribution in [1.82, 2.24) is 0 Å². The Morgan fingerprint density at radius 3 is 2.65 bits per heavy atom. The number of aromatic hydroxyl groups is 1. The van der Waals surface area contributed by atoms with E-state index in [1.165, 1.54) is 28.7 Å². The van der Waals surface area contributed by atoms with Crippen molar-refractivity contribution in [2.24, 2.45) is 17.3 Å². The molecule has 0 unspecified atom stereocenters. The van der Waals surface area contributed by atoms with E-state index in [0.29, 0.717) is 29.9 Å². The van der Waals surface area contributed by atoms with Gasteiger partial charge in [0.05, 0.1) is 12.2 Å². The van der Waals surface area contributed by atoms with Crippen molar-refractivity contribution in [2.45, 2.75) is 69.8 Å². The Morgan fingerprint density at radius 1 is 1.10 bits per heavy atom. The standard InChI is InChI=1S/C28H32O3/c1-17-12-14-31-28(17)13-11-25-23-9-5-19-15-21(30)8-10-22(19)26(23)24(16-27(25,28)2)18-3-6-20(29)7-4-18/h3-4,6-7,15,23-25,29H,1,5,8-14,16H2,2H3/t23-,24+,25-,27-,28+/m0/s1. The Morgan fingerprint density at radius 2 is 1.90 bits per heavy atom. The molecule has 1 N–H and O–H groups in total. The Bertz CT molecular complexity index is 1030. The third kappa shape index (κ3) is 2.59. The van der Waals surface area contributed by atoms with E-state index in [1.54, 1.807) is 5.57 Å². The molecule has 3 heteroatoms. The molecule has 0 aromatic heterocycles. The van der Waals surface area contributed by atoms with Gasteiger partial charge in [0.15, 0.2) is 5.78 Å². The van der Waals surface area contributed by atoms with Crippen molar-refractivity contribution < 1.29 is 14.6 Å². The van der Waals surface area contributed by atoms with E-state index >= 15 is 0 Å². The van der Waals surface area contributed by atoms with Gasteiger partial charge in [0.1, 0.15) is 5.75 Å². The maximum atomic E-state index is 12.2. The average molecular weight is 417 g/mol. The lowest BCUT2D eigenvalue weighted by molar-refractivity contribution is -0.114. The van der Waals surface area contributed by atoms with E-state index < -0.39 is 0 Å². The van der Waals surface area contributed by atoms with Crippen molar-refractivity contribution in [2.75, 3.05) is 6.61 Å². The Kier molecular flexibility index (Phi) is 4.21. The second-order valence-electron chi connectivity index (χ2n) is 10.7. The first-order chi connectivity index (χ1) is 14.9. The number of ketones is 1. The Hall–Kier alpha value is -2.13. The van der Waals surface area contributed by atoms with Crippen LogP contribution in [0.15, 0.2) is 59.2 Å². The summed E-state index contributed by atoms with van der Waals surface area (Å²) in [5.41, 5.74) is 6.85. The zero-order valence-corrected chi connectivity index (χ0v) is 18.5. The molecule has 3 fully saturated rings. The van der Waals surface area contributed by atoms with Crippen LogP contribution < -0.4 is 0 Å². The van der Waals surface area contributed by atoms with Crippen LogP contribution in [0.2, 0.25) is 0 Å². The molecule has 1 aromatic carbocycles. The fraction of sp³-hybridized carbons (Fsp3) is 0.536. The first kappa shape index (κ1) is 19.5. The molecule has 2 saturated carbocycles. The lowest BCUT2D eigenvalue weighted by atomic mass is 9.50. The molecule has 0 bridgehead atoms. The zero-order valence-electron chi connectivity index (χ0n) is 18.5. The number of phenolic OH excluding ortho intramolecular Hbond substituents is 1. The largest absolute Gasteiger partial charge is 0.508 e. The Balaban J connectivity index is 1.53. The molecule has 3 nitrogen and oxygen atoms in total. The predicted molar refractivity (Wildman–Crippen MR) is 121 cm³/mol. The fourth-order valence-corrected chi connectivity index (χ4v) is 8.12. The van der Waals surface area contributed by atoms with Gasteiger partial charge in [-0.3, -0.25) is 4.79 Å². The van der Waals surface area contributed by atoms with Crippen LogP contribution in [0, 0.1) is 17.3 Å². The van der Waals surface area contributed by atoms with Crippen LogP contribution in [0.4, 0.5) is 0 Å². The fourth-order valence-electron chi connectivity index (χ4n) is 8.12. The van der Waals surface area contributed by atoms with Gasteiger partial charge in [-0.1, -0.05) is 31.2 Å². The van der Waals surface area contributed by atoms with Gasteiger partial charge in [-0.15, -0.1) is 0 Å². The van der Waals surface area contributed by atoms with Gasteiger partial charge in [-0.25, -0.2) is 0 Å². The molecular formula is C28H32O3. The third-order valence-corrected chi connectivity index (χ3v) is 9.47. The molecule has 31 heavy (non-hydrogen) atoms. The highest BCUT2D eigenvalue weighted by Crippen LogP contribution is 2.70. The lowest BCUT2D eigenvalue weighted by Crippen LogP contribution is -2.52. The topological polar surface area (TPSA) is 46.5 Å². The van der Waals surface area contributed by atoms with E-state index in [1.807, 2.05) is 18.2 Å². The Labute approximate surface area is 184 Å². The van der Waals surface area contributed by atoms with Crippen LogP contribution in [0.1, 0.15) is 69.8 Å². The van der Waals surface area contributed by atoms with Gasteiger partial charge in [-0.2, -0.15) is 0 Å². The van der Waals surface area contributed by atoms with Gasteiger partial charge >= 0.3 is 0 Å². The molecule has 1 saturated heterocycles.